The van der Waals surface area contributed by atoms with E-state index in [-0.39, 0.29) is 41.9 Å². The van der Waals surface area contributed by atoms with E-state index in [1.165, 1.54) is 4.90 Å². The summed E-state index contributed by atoms with van der Waals surface area (Å²) in [6, 6.07) is -0.0919. The number of hydrogen-bond acceptors (Lipinski definition) is 3. The third kappa shape index (κ3) is 1.48. The second-order valence-corrected chi connectivity index (χ2v) is 4.63. The third-order valence-electron chi connectivity index (χ3n) is 3.29. The molecule has 2 rings (SSSR count). The van der Waals surface area contributed by atoms with Crippen molar-refractivity contribution in [2.75, 3.05) is 0 Å². The van der Waals surface area contributed by atoms with Crippen LogP contribution in [0, 0.1) is 11.8 Å². The molecule has 0 aromatic rings. The number of amides is 2. The normalized spacial score (nSPS) is 31.4. The Hall–Kier alpha value is -1.19. The highest BCUT2D eigenvalue weighted by Gasteiger charge is 2.50. The first kappa shape index (κ1) is 10.3. The fourth-order valence-electron chi connectivity index (χ4n) is 2.54. The number of hydrogen-bond donors (Lipinski definition) is 0. The highest BCUT2D eigenvalue weighted by atomic mass is 16.2. The molecular weight excluding hydrogens is 194 g/mol. The summed E-state index contributed by atoms with van der Waals surface area (Å²) in [6.07, 6.45) is 1.27. The Morgan fingerprint density at radius 2 is 1.73 bits per heavy atom. The van der Waals surface area contributed by atoms with Crippen molar-refractivity contribution in [2.45, 2.75) is 39.2 Å². The van der Waals surface area contributed by atoms with E-state index in [9.17, 15) is 14.4 Å². The van der Waals surface area contributed by atoms with Gasteiger partial charge in [-0.2, -0.15) is 0 Å². The van der Waals surface area contributed by atoms with Crippen molar-refractivity contribution < 1.29 is 14.4 Å². The van der Waals surface area contributed by atoms with Crippen molar-refractivity contribution >= 4 is 17.6 Å². The first-order chi connectivity index (χ1) is 7.02. The molecule has 0 aromatic heterocycles. The number of fused-ring (bicyclic) bond motifs is 1. The zero-order valence-corrected chi connectivity index (χ0v) is 9.03. The lowest BCUT2D eigenvalue weighted by molar-refractivity contribution is -0.142. The minimum atomic E-state index is -0.360. The van der Waals surface area contributed by atoms with Gasteiger partial charge in [0.25, 0.3) is 0 Å². The van der Waals surface area contributed by atoms with Gasteiger partial charge in [-0.15, -0.1) is 0 Å². The number of Topliss-reactive ketones (excluding diaryl/α,β-unsaturated/α-hetero) is 1. The van der Waals surface area contributed by atoms with Crippen molar-refractivity contribution in [3.63, 3.8) is 0 Å². The summed E-state index contributed by atoms with van der Waals surface area (Å²) in [5.41, 5.74) is 0. The molecule has 1 aliphatic heterocycles. The Bertz CT molecular complexity index is 335. The topological polar surface area (TPSA) is 54.5 Å². The maximum Gasteiger partial charge on any atom is 0.233 e. The van der Waals surface area contributed by atoms with E-state index in [4.69, 9.17) is 0 Å². The number of carbonyl (C=O) groups is 3. The van der Waals surface area contributed by atoms with Gasteiger partial charge in [0.15, 0.2) is 0 Å². The molecule has 4 nitrogen and oxygen atoms in total. The van der Waals surface area contributed by atoms with Gasteiger partial charge in [-0.05, 0) is 20.3 Å². The molecule has 0 radical (unpaired) electrons. The minimum absolute atomic E-state index is 0.0764. The van der Waals surface area contributed by atoms with Gasteiger partial charge in [-0.25, -0.2) is 0 Å². The van der Waals surface area contributed by atoms with Crippen LogP contribution in [0.1, 0.15) is 33.1 Å². The van der Waals surface area contributed by atoms with Crippen molar-refractivity contribution in [1.82, 2.24) is 4.90 Å². The number of ketones is 1. The van der Waals surface area contributed by atoms with Gasteiger partial charge in [0, 0.05) is 18.9 Å². The minimum Gasteiger partial charge on any atom is -0.300 e. The number of likely N-dealkylation sites (tertiary alicyclic amines) is 1. The lowest BCUT2D eigenvalue weighted by atomic mass is 9.80. The van der Waals surface area contributed by atoms with Crippen LogP contribution in [0.25, 0.3) is 0 Å². The number of rotatable bonds is 1. The summed E-state index contributed by atoms with van der Waals surface area (Å²) in [5, 5.41) is 0. The van der Waals surface area contributed by atoms with Crippen LogP contribution in [0.15, 0.2) is 0 Å². The van der Waals surface area contributed by atoms with E-state index in [1.54, 1.807) is 0 Å². The highest BCUT2D eigenvalue weighted by Crippen LogP contribution is 2.37. The van der Waals surface area contributed by atoms with Crippen LogP contribution in [0.3, 0.4) is 0 Å². The Balaban J connectivity index is 2.27. The molecule has 15 heavy (non-hydrogen) atoms. The van der Waals surface area contributed by atoms with Crippen LogP contribution in [0.2, 0.25) is 0 Å². The predicted molar refractivity (Wildman–Crippen MR) is 52.8 cm³/mol. The summed E-state index contributed by atoms with van der Waals surface area (Å²) in [5.74, 6) is -0.692. The second kappa shape index (κ2) is 3.43. The fourth-order valence-corrected chi connectivity index (χ4v) is 2.54. The highest BCUT2D eigenvalue weighted by molar-refractivity contribution is 6.07. The molecule has 0 aromatic carbocycles. The Morgan fingerprint density at radius 3 is 2.33 bits per heavy atom. The largest absolute Gasteiger partial charge is 0.300 e. The van der Waals surface area contributed by atoms with E-state index >= 15 is 0 Å². The molecule has 0 N–H and O–H groups in total. The van der Waals surface area contributed by atoms with Gasteiger partial charge in [0.05, 0.1) is 11.8 Å². The van der Waals surface area contributed by atoms with E-state index < -0.39 is 0 Å². The lowest BCUT2D eigenvalue weighted by Crippen LogP contribution is -2.37. The van der Waals surface area contributed by atoms with Crippen molar-refractivity contribution in [3.8, 4) is 0 Å². The molecule has 4 heteroatoms. The molecule has 0 bridgehead atoms. The summed E-state index contributed by atoms with van der Waals surface area (Å²) >= 11 is 0. The van der Waals surface area contributed by atoms with Crippen LogP contribution in [0.4, 0.5) is 0 Å². The maximum absolute atomic E-state index is 11.9. The standard InChI is InChI=1S/C11H15NO3/c1-6(2)12-10(14)8-4-3-7(13)5-9(8)11(12)15/h6,8-9H,3-5H2,1-2H3. The van der Waals surface area contributed by atoms with Gasteiger partial charge in [0.2, 0.25) is 11.8 Å². The van der Waals surface area contributed by atoms with Gasteiger partial charge in [0.1, 0.15) is 5.78 Å². The van der Waals surface area contributed by atoms with Gasteiger partial charge in [-0.1, -0.05) is 0 Å². The van der Waals surface area contributed by atoms with E-state index in [0.29, 0.717) is 12.8 Å². The van der Waals surface area contributed by atoms with E-state index in [2.05, 4.69) is 0 Å². The maximum atomic E-state index is 11.9. The molecule has 2 amide bonds. The van der Waals surface area contributed by atoms with Crippen molar-refractivity contribution in [3.05, 3.63) is 0 Å². The predicted octanol–water partition coefficient (Wildman–Crippen LogP) is 0.749. The second-order valence-electron chi connectivity index (χ2n) is 4.63. The molecule has 2 aliphatic rings. The van der Waals surface area contributed by atoms with Crippen LogP contribution in [-0.4, -0.2) is 28.5 Å². The molecule has 2 fully saturated rings. The molecule has 1 heterocycles. The molecule has 82 valence electrons. The van der Waals surface area contributed by atoms with Crippen LogP contribution >= 0.6 is 0 Å². The fraction of sp³-hybridized carbons (Fsp3) is 0.727. The summed E-state index contributed by atoms with van der Waals surface area (Å²) < 4.78 is 0. The van der Waals surface area contributed by atoms with E-state index in [1.807, 2.05) is 13.8 Å². The lowest BCUT2D eigenvalue weighted by Gasteiger charge is -2.18. The molecule has 2 atom stereocenters. The summed E-state index contributed by atoms with van der Waals surface area (Å²) in [6.45, 7) is 3.66. The summed E-state index contributed by atoms with van der Waals surface area (Å²) in [4.78, 5) is 36.4. The van der Waals surface area contributed by atoms with Crippen molar-refractivity contribution in [2.24, 2.45) is 11.8 Å². The van der Waals surface area contributed by atoms with Crippen LogP contribution < -0.4 is 0 Å². The number of carbonyl (C=O) groups excluding carboxylic acids is 3. The smallest absolute Gasteiger partial charge is 0.233 e. The number of nitrogens with zero attached hydrogens (tertiary/aromatic N) is 1. The SMILES string of the molecule is CC(C)N1C(=O)C2CCC(=O)CC2C1=O. The van der Waals surface area contributed by atoms with Crippen LogP contribution in [0.5, 0.6) is 0 Å². The Labute approximate surface area is 88.6 Å². The molecular formula is C11H15NO3. The van der Waals surface area contributed by atoms with Crippen molar-refractivity contribution in [1.29, 1.82) is 0 Å². The first-order valence-corrected chi connectivity index (χ1v) is 5.41. The Kier molecular flexibility index (Phi) is 2.37. The molecule has 0 spiro atoms. The quantitative estimate of drug-likeness (QED) is 0.599. The third-order valence-corrected chi connectivity index (χ3v) is 3.29. The molecule has 1 saturated heterocycles. The number of imide groups is 1. The summed E-state index contributed by atoms with van der Waals surface area (Å²) in [7, 11) is 0. The molecule has 1 saturated carbocycles. The Morgan fingerprint density at radius 1 is 1.13 bits per heavy atom. The molecule has 2 unspecified atom stereocenters. The van der Waals surface area contributed by atoms with Gasteiger partial charge < -0.3 is 0 Å². The van der Waals surface area contributed by atoms with E-state index in [0.717, 1.165) is 0 Å². The average Bonchev–Trinajstić information content (AvgIpc) is 2.39. The average molecular weight is 209 g/mol. The first-order valence-electron chi connectivity index (χ1n) is 5.41. The van der Waals surface area contributed by atoms with Crippen LogP contribution in [-0.2, 0) is 14.4 Å². The van der Waals surface area contributed by atoms with Gasteiger partial charge >= 0.3 is 0 Å². The zero-order valence-electron chi connectivity index (χ0n) is 9.03. The molecule has 1 aliphatic carbocycles. The monoisotopic (exact) mass is 209 g/mol. The zero-order chi connectivity index (χ0) is 11.2. The van der Waals surface area contributed by atoms with Gasteiger partial charge in [-0.3, -0.25) is 19.3 Å².